The number of carboxylic acids is 1. The third kappa shape index (κ3) is 2.86. The molecule has 0 heterocycles. The van der Waals surface area contributed by atoms with Gasteiger partial charge in [-0.05, 0) is 19.9 Å². The third-order valence-corrected chi connectivity index (χ3v) is 2.51. The first kappa shape index (κ1) is 14.2. The zero-order valence-electron chi connectivity index (χ0n) is 9.53. The molecule has 0 amide bonds. The largest absolute Gasteiger partial charge is 0.480 e. The molecule has 18 heavy (non-hydrogen) atoms. The van der Waals surface area contributed by atoms with Crippen molar-refractivity contribution in [3.8, 4) is 0 Å². The van der Waals surface area contributed by atoms with Gasteiger partial charge < -0.3 is 10.4 Å². The smallest absolute Gasteiger partial charge is 0.328 e. The van der Waals surface area contributed by atoms with Crippen molar-refractivity contribution < 1.29 is 19.2 Å². The first-order valence-corrected chi connectivity index (χ1v) is 5.18. The van der Waals surface area contributed by atoms with Gasteiger partial charge in [0, 0.05) is 0 Å². The van der Waals surface area contributed by atoms with Crippen LogP contribution in [0, 0.1) is 15.9 Å². The van der Waals surface area contributed by atoms with Gasteiger partial charge in [-0.15, -0.1) is 0 Å². The zero-order valence-corrected chi connectivity index (χ0v) is 10.3. The highest BCUT2D eigenvalue weighted by atomic mass is 35.5. The molecule has 0 atom stereocenters. The van der Waals surface area contributed by atoms with E-state index in [0.29, 0.717) is 6.07 Å². The Balaban J connectivity index is 3.27. The van der Waals surface area contributed by atoms with E-state index < -0.39 is 27.9 Å². The second-order valence-electron chi connectivity index (χ2n) is 4.10. The summed E-state index contributed by atoms with van der Waals surface area (Å²) in [5.41, 5.74) is -2.18. The molecule has 0 aliphatic rings. The zero-order chi connectivity index (χ0) is 14.1. The summed E-state index contributed by atoms with van der Waals surface area (Å²) in [5, 5.41) is 21.8. The SMILES string of the molecule is CC(C)(Nc1cc(Cl)c(F)cc1[N+](=O)[O-])C(=O)O. The van der Waals surface area contributed by atoms with Crippen LogP contribution in [0.2, 0.25) is 5.02 Å². The Kier molecular flexibility index (Phi) is 3.76. The molecule has 98 valence electrons. The number of nitrogens with one attached hydrogen (secondary N) is 1. The van der Waals surface area contributed by atoms with E-state index in [0.717, 1.165) is 6.07 Å². The number of hydrogen-bond acceptors (Lipinski definition) is 4. The fourth-order valence-corrected chi connectivity index (χ4v) is 1.34. The van der Waals surface area contributed by atoms with Gasteiger partial charge in [-0.25, -0.2) is 9.18 Å². The van der Waals surface area contributed by atoms with E-state index in [4.69, 9.17) is 16.7 Å². The molecule has 6 nitrogen and oxygen atoms in total. The summed E-state index contributed by atoms with van der Waals surface area (Å²) in [7, 11) is 0. The summed E-state index contributed by atoms with van der Waals surface area (Å²) >= 11 is 5.51. The van der Waals surface area contributed by atoms with Crippen LogP contribution in [0.15, 0.2) is 12.1 Å². The van der Waals surface area contributed by atoms with E-state index in [1.165, 1.54) is 13.8 Å². The van der Waals surface area contributed by atoms with Gasteiger partial charge in [0.15, 0.2) is 0 Å². The number of nitro benzene ring substituents is 1. The molecular weight excluding hydrogens is 267 g/mol. The van der Waals surface area contributed by atoms with Crippen LogP contribution in [0.3, 0.4) is 0 Å². The van der Waals surface area contributed by atoms with E-state index in [2.05, 4.69) is 5.32 Å². The van der Waals surface area contributed by atoms with Crippen LogP contribution in [-0.4, -0.2) is 21.5 Å². The van der Waals surface area contributed by atoms with Gasteiger partial charge in [-0.2, -0.15) is 0 Å². The Morgan fingerprint density at radius 2 is 2.11 bits per heavy atom. The molecule has 0 unspecified atom stereocenters. The van der Waals surface area contributed by atoms with E-state index >= 15 is 0 Å². The van der Waals surface area contributed by atoms with Gasteiger partial charge in [0.2, 0.25) is 0 Å². The van der Waals surface area contributed by atoms with E-state index in [9.17, 15) is 19.3 Å². The van der Waals surface area contributed by atoms with Crippen molar-refractivity contribution in [2.75, 3.05) is 5.32 Å². The minimum absolute atomic E-state index is 0.154. The molecule has 0 saturated heterocycles. The summed E-state index contributed by atoms with van der Waals surface area (Å²) in [6.07, 6.45) is 0. The molecule has 1 aromatic rings. The number of aliphatic carboxylic acids is 1. The molecule has 0 radical (unpaired) electrons. The average Bonchev–Trinajstić information content (AvgIpc) is 2.22. The molecule has 0 spiro atoms. The predicted molar refractivity (Wildman–Crippen MR) is 63.4 cm³/mol. The maximum atomic E-state index is 13.1. The first-order chi connectivity index (χ1) is 8.15. The minimum atomic E-state index is -1.45. The number of anilines is 1. The summed E-state index contributed by atoms with van der Waals surface area (Å²) in [6, 6.07) is 1.63. The molecule has 0 bridgehead atoms. The number of nitrogens with zero attached hydrogens (tertiary/aromatic N) is 1. The number of nitro groups is 1. The second kappa shape index (κ2) is 4.77. The summed E-state index contributed by atoms with van der Waals surface area (Å²) in [4.78, 5) is 20.8. The lowest BCUT2D eigenvalue weighted by molar-refractivity contribution is -0.384. The molecule has 2 N–H and O–H groups in total. The fourth-order valence-electron chi connectivity index (χ4n) is 1.18. The van der Waals surface area contributed by atoms with E-state index in [1.807, 2.05) is 0 Å². The lowest BCUT2D eigenvalue weighted by Crippen LogP contribution is -2.40. The Labute approximate surface area is 107 Å². The van der Waals surface area contributed by atoms with Crippen LogP contribution in [0.25, 0.3) is 0 Å². The van der Waals surface area contributed by atoms with Crippen molar-refractivity contribution >= 4 is 28.9 Å². The highest BCUT2D eigenvalue weighted by Crippen LogP contribution is 2.32. The number of carboxylic acid groups (broad SMARTS) is 1. The fraction of sp³-hybridized carbons (Fsp3) is 0.300. The highest BCUT2D eigenvalue weighted by molar-refractivity contribution is 6.31. The Morgan fingerprint density at radius 1 is 1.56 bits per heavy atom. The van der Waals surface area contributed by atoms with E-state index in [-0.39, 0.29) is 10.7 Å². The van der Waals surface area contributed by atoms with Gasteiger partial charge in [-0.1, -0.05) is 11.6 Å². The van der Waals surface area contributed by atoms with Crippen LogP contribution in [-0.2, 0) is 4.79 Å². The average molecular weight is 277 g/mol. The summed E-state index contributed by atoms with van der Waals surface area (Å²) in [5.74, 6) is -2.15. The van der Waals surface area contributed by atoms with Gasteiger partial charge in [0.25, 0.3) is 5.69 Å². The molecule has 8 heteroatoms. The molecule has 0 aromatic heterocycles. The van der Waals surface area contributed by atoms with Crippen molar-refractivity contribution in [3.63, 3.8) is 0 Å². The minimum Gasteiger partial charge on any atom is -0.480 e. The number of hydrogen-bond donors (Lipinski definition) is 2. The van der Waals surface area contributed by atoms with Gasteiger partial charge >= 0.3 is 5.97 Å². The van der Waals surface area contributed by atoms with Crippen molar-refractivity contribution in [1.82, 2.24) is 0 Å². The molecule has 0 fully saturated rings. The predicted octanol–water partition coefficient (Wildman–Crippen LogP) is 2.66. The van der Waals surface area contributed by atoms with Crippen molar-refractivity contribution in [1.29, 1.82) is 0 Å². The lowest BCUT2D eigenvalue weighted by atomic mass is 10.1. The molecule has 0 saturated carbocycles. The lowest BCUT2D eigenvalue weighted by Gasteiger charge is -2.22. The van der Waals surface area contributed by atoms with Crippen LogP contribution in [0.5, 0.6) is 0 Å². The second-order valence-corrected chi connectivity index (χ2v) is 4.50. The van der Waals surface area contributed by atoms with E-state index in [1.54, 1.807) is 0 Å². The maximum absolute atomic E-state index is 13.1. The topological polar surface area (TPSA) is 92.5 Å². The van der Waals surface area contributed by atoms with Crippen molar-refractivity contribution in [2.24, 2.45) is 0 Å². The third-order valence-electron chi connectivity index (χ3n) is 2.22. The Morgan fingerprint density at radius 3 is 2.56 bits per heavy atom. The van der Waals surface area contributed by atoms with Crippen LogP contribution < -0.4 is 5.32 Å². The van der Waals surface area contributed by atoms with Crippen LogP contribution >= 0.6 is 11.6 Å². The highest BCUT2D eigenvalue weighted by Gasteiger charge is 2.30. The molecular formula is C10H10ClFN2O4. The van der Waals surface area contributed by atoms with Crippen LogP contribution in [0.1, 0.15) is 13.8 Å². The van der Waals surface area contributed by atoms with Crippen LogP contribution in [0.4, 0.5) is 15.8 Å². The van der Waals surface area contributed by atoms with Gasteiger partial charge in [0.05, 0.1) is 16.0 Å². The quantitative estimate of drug-likeness (QED) is 0.651. The van der Waals surface area contributed by atoms with Crippen molar-refractivity contribution in [3.05, 3.63) is 33.1 Å². The maximum Gasteiger partial charge on any atom is 0.328 e. The van der Waals surface area contributed by atoms with Crippen molar-refractivity contribution in [2.45, 2.75) is 19.4 Å². The number of halogens is 2. The molecule has 1 aromatic carbocycles. The summed E-state index contributed by atoms with van der Waals surface area (Å²) < 4.78 is 13.1. The normalized spacial score (nSPS) is 11.1. The number of benzene rings is 1. The van der Waals surface area contributed by atoms with Gasteiger partial charge in [0.1, 0.15) is 17.0 Å². The standard InChI is InChI=1S/C10H10ClFN2O4/c1-10(2,9(15)16)13-7-3-5(11)6(12)4-8(7)14(17)18/h3-4,13H,1-2H3,(H,15,16). The Bertz CT molecular complexity index is 519. The number of rotatable bonds is 4. The first-order valence-electron chi connectivity index (χ1n) is 4.80. The monoisotopic (exact) mass is 276 g/mol. The molecule has 0 aliphatic carbocycles. The molecule has 0 aliphatic heterocycles. The Hall–Kier alpha value is -1.89. The number of carbonyl (C=O) groups is 1. The molecule has 1 rings (SSSR count). The van der Waals surface area contributed by atoms with Gasteiger partial charge in [-0.3, -0.25) is 10.1 Å². The summed E-state index contributed by atoms with van der Waals surface area (Å²) in [6.45, 7) is 2.63.